The maximum absolute atomic E-state index is 11.9. The number of hydrogen-bond acceptors (Lipinski definition) is 4. The van der Waals surface area contributed by atoms with Crippen molar-refractivity contribution in [2.75, 3.05) is 13.7 Å². The minimum Gasteiger partial charge on any atom is -0.383 e. The van der Waals surface area contributed by atoms with Crippen LogP contribution in [-0.4, -0.2) is 25.7 Å². The fourth-order valence-electron chi connectivity index (χ4n) is 2.29. The second-order valence-corrected chi connectivity index (χ2v) is 5.53. The molecule has 0 aromatic heterocycles. The molecule has 0 radical (unpaired) electrons. The van der Waals surface area contributed by atoms with E-state index in [-0.39, 0.29) is 12.5 Å². The summed E-state index contributed by atoms with van der Waals surface area (Å²) in [6.45, 7) is 1.67. The summed E-state index contributed by atoms with van der Waals surface area (Å²) in [6.07, 6.45) is 0. The Hall–Kier alpha value is -2.21. The van der Waals surface area contributed by atoms with Crippen LogP contribution in [0.4, 0.5) is 0 Å². The van der Waals surface area contributed by atoms with Crippen molar-refractivity contribution in [3.63, 3.8) is 0 Å². The summed E-state index contributed by atoms with van der Waals surface area (Å²) in [6, 6.07) is 17.3. The topological polar surface area (TPSA) is 73.6 Å². The molecule has 0 aliphatic heterocycles. The summed E-state index contributed by atoms with van der Waals surface area (Å²) in [7, 11) is 1.52. The van der Waals surface area contributed by atoms with Crippen LogP contribution in [0.2, 0.25) is 0 Å². The Bertz CT molecular complexity index is 632. The molecular formula is C19H24N2O3. The monoisotopic (exact) mass is 328 g/mol. The van der Waals surface area contributed by atoms with Gasteiger partial charge in [0.1, 0.15) is 6.04 Å². The predicted molar refractivity (Wildman–Crippen MR) is 93.1 cm³/mol. The molecule has 2 aromatic rings. The van der Waals surface area contributed by atoms with Gasteiger partial charge in [-0.1, -0.05) is 54.6 Å². The molecule has 0 aliphatic carbocycles. The average molecular weight is 328 g/mol. The summed E-state index contributed by atoms with van der Waals surface area (Å²) >= 11 is 0. The summed E-state index contributed by atoms with van der Waals surface area (Å²) in [5, 5.41) is 2.83. The zero-order chi connectivity index (χ0) is 17.2. The Kier molecular flexibility index (Phi) is 7.42. The van der Waals surface area contributed by atoms with Crippen LogP contribution in [0.3, 0.4) is 0 Å². The van der Waals surface area contributed by atoms with Gasteiger partial charge < -0.3 is 20.5 Å². The normalized spacial score (nSPS) is 11.9. The number of carbonyl (C=O) groups excluding carboxylic acids is 1. The third kappa shape index (κ3) is 5.77. The van der Waals surface area contributed by atoms with Crippen LogP contribution in [-0.2, 0) is 34.0 Å². The van der Waals surface area contributed by atoms with Crippen molar-refractivity contribution >= 4 is 5.91 Å². The lowest BCUT2D eigenvalue weighted by atomic mass is 10.1. The number of nitrogens with one attached hydrogen (secondary N) is 1. The maximum atomic E-state index is 11.9. The minimum absolute atomic E-state index is 0.202. The van der Waals surface area contributed by atoms with E-state index in [1.54, 1.807) is 0 Å². The number of rotatable bonds is 9. The van der Waals surface area contributed by atoms with Gasteiger partial charge in [0.25, 0.3) is 0 Å². The van der Waals surface area contributed by atoms with Crippen molar-refractivity contribution in [1.82, 2.24) is 5.32 Å². The van der Waals surface area contributed by atoms with E-state index < -0.39 is 6.04 Å². The van der Waals surface area contributed by atoms with Crippen LogP contribution in [0.15, 0.2) is 54.6 Å². The lowest BCUT2D eigenvalue weighted by Crippen LogP contribution is -2.43. The highest BCUT2D eigenvalue weighted by molar-refractivity contribution is 5.81. The highest BCUT2D eigenvalue weighted by atomic mass is 16.5. The van der Waals surface area contributed by atoms with Crippen molar-refractivity contribution in [2.24, 2.45) is 5.73 Å². The second-order valence-electron chi connectivity index (χ2n) is 5.53. The first kappa shape index (κ1) is 18.1. The van der Waals surface area contributed by atoms with Gasteiger partial charge in [0.15, 0.2) is 0 Å². The van der Waals surface area contributed by atoms with Gasteiger partial charge in [-0.3, -0.25) is 4.79 Å². The number of nitrogens with two attached hydrogens (primary N) is 1. The zero-order valence-electron chi connectivity index (χ0n) is 13.9. The van der Waals surface area contributed by atoms with E-state index in [1.807, 2.05) is 54.6 Å². The lowest BCUT2D eigenvalue weighted by molar-refractivity contribution is -0.123. The van der Waals surface area contributed by atoms with Gasteiger partial charge in [-0.05, 0) is 16.7 Å². The Morgan fingerprint density at radius 2 is 1.71 bits per heavy atom. The van der Waals surface area contributed by atoms with Gasteiger partial charge in [0.2, 0.25) is 5.91 Å². The second kappa shape index (κ2) is 9.82. The van der Waals surface area contributed by atoms with Crippen molar-refractivity contribution in [1.29, 1.82) is 0 Å². The van der Waals surface area contributed by atoms with E-state index >= 15 is 0 Å². The smallest absolute Gasteiger partial charge is 0.239 e. The van der Waals surface area contributed by atoms with Crippen LogP contribution in [0.5, 0.6) is 0 Å². The SMILES string of the molecule is COCC(N)C(=O)NCc1ccccc1COCc1ccccc1. The molecule has 1 unspecified atom stereocenters. The quantitative estimate of drug-likeness (QED) is 0.738. The van der Waals surface area contributed by atoms with Crippen molar-refractivity contribution < 1.29 is 14.3 Å². The molecule has 2 aromatic carbocycles. The summed E-state index contributed by atoms with van der Waals surface area (Å²) < 4.78 is 10.7. The predicted octanol–water partition coefficient (Wildman–Crippen LogP) is 1.99. The molecule has 5 heteroatoms. The molecule has 0 saturated heterocycles. The molecule has 0 fully saturated rings. The third-order valence-corrected chi connectivity index (χ3v) is 3.62. The first-order valence-electron chi connectivity index (χ1n) is 7.91. The Labute approximate surface area is 142 Å². The fraction of sp³-hybridized carbons (Fsp3) is 0.316. The molecule has 1 atom stereocenters. The molecule has 1 amide bonds. The first-order valence-corrected chi connectivity index (χ1v) is 7.91. The van der Waals surface area contributed by atoms with Gasteiger partial charge in [-0.2, -0.15) is 0 Å². The molecule has 2 rings (SSSR count). The van der Waals surface area contributed by atoms with E-state index in [2.05, 4.69) is 5.32 Å². The lowest BCUT2D eigenvalue weighted by Gasteiger charge is -2.14. The Balaban J connectivity index is 1.86. The number of methoxy groups -OCH3 is 1. The highest BCUT2D eigenvalue weighted by Crippen LogP contribution is 2.11. The molecule has 3 N–H and O–H groups in total. The highest BCUT2D eigenvalue weighted by Gasteiger charge is 2.13. The van der Waals surface area contributed by atoms with Crippen LogP contribution in [0.25, 0.3) is 0 Å². The number of benzene rings is 2. The first-order chi connectivity index (χ1) is 11.7. The van der Waals surface area contributed by atoms with Gasteiger partial charge in [0, 0.05) is 13.7 Å². The van der Waals surface area contributed by atoms with Crippen LogP contribution in [0.1, 0.15) is 16.7 Å². The van der Waals surface area contributed by atoms with Gasteiger partial charge in [-0.25, -0.2) is 0 Å². The molecule has 24 heavy (non-hydrogen) atoms. The van der Waals surface area contributed by atoms with E-state index in [0.717, 1.165) is 16.7 Å². The van der Waals surface area contributed by atoms with Crippen molar-refractivity contribution in [2.45, 2.75) is 25.8 Å². The molecular weight excluding hydrogens is 304 g/mol. The van der Waals surface area contributed by atoms with E-state index in [4.69, 9.17) is 15.2 Å². The molecule has 5 nitrogen and oxygen atoms in total. The summed E-state index contributed by atoms with van der Waals surface area (Å²) in [5.41, 5.74) is 8.91. The molecule has 128 valence electrons. The standard InChI is InChI=1S/C19H24N2O3/c1-23-14-18(20)19(22)21-11-16-9-5-6-10-17(16)13-24-12-15-7-3-2-4-8-15/h2-10,18H,11-14,20H2,1H3,(H,21,22). The van der Waals surface area contributed by atoms with Crippen LogP contribution < -0.4 is 11.1 Å². The Morgan fingerprint density at radius 3 is 2.42 bits per heavy atom. The molecule has 0 heterocycles. The molecule has 0 saturated carbocycles. The number of ether oxygens (including phenoxy) is 2. The van der Waals surface area contributed by atoms with Crippen molar-refractivity contribution in [3.8, 4) is 0 Å². The van der Waals surface area contributed by atoms with Crippen LogP contribution >= 0.6 is 0 Å². The van der Waals surface area contributed by atoms with Gasteiger partial charge in [0.05, 0.1) is 19.8 Å². The number of amides is 1. The molecule has 0 spiro atoms. The van der Waals surface area contributed by atoms with Gasteiger partial charge >= 0.3 is 0 Å². The third-order valence-electron chi connectivity index (χ3n) is 3.62. The van der Waals surface area contributed by atoms with Crippen molar-refractivity contribution in [3.05, 3.63) is 71.3 Å². The van der Waals surface area contributed by atoms with E-state index in [9.17, 15) is 4.79 Å². The van der Waals surface area contributed by atoms with E-state index in [0.29, 0.717) is 19.8 Å². The summed E-state index contributed by atoms with van der Waals surface area (Å²) in [4.78, 5) is 11.9. The molecule has 0 aliphatic rings. The fourth-order valence-corrected chi connectivity index (χ4v) is 2.29. The largest absolute Gasteiger partial charge is 0.383 e. The Morgan fingerprint density at radius 1 is 1.04 bits per heavy atom. The maximum Gasteiger partial charge on any atom is 0.239 e. The average Bonchev–Trinajstić information content (AvgIpc) is 2.61. The number of hydrogen-bond donors (Lipinski definition) is 2. The number of carbonyl (C=O) groups is 1. The molecule has 0 bridgehead atoms. The van der Waals surface area contributed by atoms with E-state index in [1.165, 1.54) is 7.11 Å². The summed E-state index contributed by atoms with van der Waals surface area (Å²) in [5.74, 6) is -0.225. The minimum atomic E-state index is -0.656. The van der Waals surface area contributed by atoms with Gasteiger partial charge in [-0.15, -0.1) is 0 Å². The van der Waals surface area contributed by atoms with Crippen LogP contribution in [0, 0.1) is 0 Å². The zero-order valence-corrected chi connectivity index (χ0v) is 13.9.